The van der Waals surface area contributed by atoms with Crippen LogP contribution in [-0.2, 0) is 11.8 Å². The number of aryl methyl sites for hydroxylation is 1. The number of hydrogen-bond donors (Lipinski definition) is 1. The van der Waals surface area contributed by atoms with Crippen molar-refractivity contribution in [1.29, 1.82) is 0 Å². The van der Waals surface area contributed by atoms with Crippen LogP contribution in [0.25, 0.3) is 0 Å². The first-order chi connectivity index (χ1) is 10.6. The van der Waals surface area contributed by atoms with E-state index in [2.05, 4.69) is 32.5 Å². The molecule has 1 amide bonds. The van der Waals surface area contributed by atoms with Crippen LogP contribution >= 0.6 is 11.8 Å². The summed E-state index contributed by atoms with van der Waals surface area (Å²) in [5.74, 6) is 0.331. The van der Waals surface area contributed by atoms with E-state index in [4.69, 9.17) is 0 Å². The Hall–Kier alpha value is -1.86. The summed E-state index contributed by atoms with van der Waals surface area (Å²) in [5, 5.41) is 11.5. The van der Waals surface area contributed by atoms with Crippen LogP contribution in [0.2, 0.25) is 0 Å². The Morgan fingerprint density at radius 1 is 1.36 bits per heavy atom. The molecule has 1 unspecified atom stereocenters. The Morgan fingerprint density at radius 3 is 2.68 bits per heavy atom. The monoisotopic (exact) mass is 319 g/mol. The smallest absolute Gasteiger partial charge is 0.230 e. The minimum absolute atomic E-state index is 0.00391. The average molecular weight is 319 g/mol. The molecule has 1 atom stereocenters. The maximum atomic E-state index is 12.0. The van der Waals surface area contributed by atoms with Crippen molar-refractivity contribution in [3.8, 4) is 0 Å². The summed E-state index contributed by atoms with van der Waals surface area (Å²) in [4.78, 5) is 14.1. The Kier molecular flexibility index (Phi) is 5.97. The molecule has 0 bridgehead atoms. The highest BCUT2D eigenvalue weighted by atomic mass is 32.2. The average Bonchev–Trinajstić information content (AvgIpc) is 2.91. The summed E-state index contributed by atoms with van der Waals surface area (Å²) >= 11 is 1.38. The molecule has 0 aliphatic rings. The molecule has 0 spiro atoms. The lowest BCUT2D eigenvalue weighted by molar-refractivity contribution is -0.118. The number of thioether (sulfide) groups is 1. The maximum absolute atomic E-state index is 12.0. The summed E-state index contributed by atoms with van der Waals surface area (Å²) in [5.41, 5.74) is 1.19. The quantitative estimate of drug-likeness (QED) is 0.780. The number of hydrogen-bond acceptors (Lipinski definition) is 5. The van der Waals surface area contributed by atoms with E-state index in [0.717, 1.165) is 5.16 Å². The molecule has 1 N–H and O–H groups in total. The Labute approximate surface area is 134 Å². The molecule has 0 saturated carbocycles. The van der Waals surface area contributed by atoms with Gasteiger partial charge in [0.05, 0.1) is 11.8 Å². The van der Waals surface area contributed by atoms with E-state index in [9.17, 15) is 4.79 Å². The van der Waals surface area contributed by atoms with Gasteiger partial charge in [0.15, 0.2) is 5.16 Å². The van der Waals surface area contributed by atoms with Gasteiger partial charge in [-0.05, 0) is 19.7 Å². The number of carbonyl (C=O) groups is 1. The SMILES string of the molecule is CN(C)C(CNC(=O)CSc1nncn1C)c1ccccc1. The van der Waals surface area contributed by atoms with Crippen molar-refractivity contribution in [2.24, 2.45) is 7.05 Å². The second-order valence-electron chi connectivity index (χ2n) is 5.21. The topological polar surface area (TPSA) is 63.1 Å². The number of nitrogens with one attached hydrogen (secondary N) is 1. The molecule has 1 aromatic heterocycles. The first kappa shape index (κ1) is 16.5. The molecule has 0 radical (unpaired) electrons. The number of carbonyl (C=O) groups excluding carboxylic acids is 1. The molecule has 2 aromatic rings. The van der Waals surface area contributed by atoms with Gasteiger partial charge in [-0.25, -0.2) is 0 Å². The van der Waals surface area contributed by atoms with Gasteiger partial charge in [0.1, 0.15) is 6.33 Å². The van der Waals surface area contributed by atoms with Crippen molar-refractivity contribution in [2.45, 2.75) is 11.2 Å². The molecule has 1 aromatic carbocycles. The fourth-order valence-electron chi connectivity index (χ4n) is 2.07. The molecule has 2 rings (SSSR count). The minimum Gasteiger partial charge on any atom is -0.353 e. The van der Waals surface area contributed by atoms with Crippen LogP contribution in [0.1, 0.15) is 11.6 Å². The summed E-state index contributed by atoms with van der Waals surface area (Å²) in [7, 11) is 5.88. The fourth-order valence-corrected chi connectivity index (χ4v) is 2.79. The Balaban J connectivity index is 1.84. The largest absolute Gasteiger partial charge is 0.353 e. The van der Waals surface area contributed by atoms with Crippen molar-refractivity contribution in [1.82, 2.24) is 25.0 Å². The third-order valence-electron chi connectivity index (χ3n) is 3.30. The van der Waals surface area contributed by atoms with Crippen molar-refractivity contribution in [3.05, 3.63) is 42.2 Å². The zero-order valence-electron chi connectivity index (χ0n) is 13.1. The van der Waals surface area contributed by atoms with Gasteiger partial charge in [-0.1, -0.05) is 42.1 Å². The van der Waals surface area contributed by atoms with E-state index >= 15 is 0 Å². The standard InChI is InChI=1S/C15H21N5OS/c1-19(2)13(12-7-5-4-6-8-12)9-16-14(21)10-22-15-18-17-11-20(15)3/h4-8,11,13H,9-10H2,1-3H3,(H,16,21). The predicted octanol–water partition coefficient (Wildman–Crippen LogP) is 1.33. The zero-order chi connectivity index (χ0) is 15.9. The fraction of sp³-hybridized carbons (Fsp3) is 0.400. The van der Waals surface area contributed by atoms with E-state index < -0.39 is 0 Å². The molecule has 0 fully saturated rings. The van der Waals surface area contributed by atoms with Crippen molar-refractivity contribution < 1.29 is 4.79 Å². The van der Waals surface area contributed by atoms with Crippen LogP contribution in [0.4, 0.5) is 0 Å². The molecule has 0 saturated heterocycles. The number of likely N-dealkylation sites (N-methyl/N-ethyl adjacent to an activating group) is 1. The summed E-state index contributed by atoms with van der Waals surface area (Å²) < 4.78 is 1.80. The molecule has 7 heteroatoms. The van der Waals surface area contributed by atoms with Crippen LogP contribution in [0.5, 0.6) is 0 Å². The van der Waals surface area contributed by atoms with Crippen LogP contribution in [-0.4, -0.2) is 52.0 Å². The Morgan fingerprint density at radius 2 is 2.09 bits per heavy atom. The number of aromatic nitrogens is 3. The predicted molar refractivity (Wildman–Crippen MR) is 87.6 cm³/mol. The molecule has 0 aliphatic heterocycles. The minimum atomic E-state index is -0.00391. The molecule has 6 nitrogen and oxygen atoms in total. The summed E-state index contributed by atoms with van der Waals surface area (Å²) in [6.07, 6.45) is 1.62. The number of rotatable bonds is 7. The summed E-state index contributed by atoms with van der Waals surface area (Å²) in [6, 6.07) is 10.3. The van der Waals surface area contributed by atoms with Gasteiger partial charge < -0.3 is 14.8 Å². The maximum Gasteiger partial charge on any atom is 0.230 e. The molecular weight excluding hydrogens is 298 g/mol. The van der Waals surface area contributed by atoms with Gasteiger partial charge >= 0.3 is 0 Å². The van der Waals surface area contributed by atoms with Crippen LogP contribution < -0.4 is 5.32 Å². The van der Waals surface area contributed by atoms with E-state index in [0.29, 0.717) is 12.3 Å². The van der Waals surface area contributed by atoms with Crippen molar-refractivity contribution >= 4 is 17.7 Å². The first-order valence-electron chi connectivity index (χ1n) is 7.03. The lowest BCUT2D eigenvalue weighted by atomic mass is 10.1. The highest BCUT2D eigenvalue weighted by Gasteiger charge is 2.15. The highest BCUT2D eigenvalue weighted by Crippen LogP contribution is 2.17. The van der Waals surface area contributed by atoms with Gasteiger partial charge in [0.2, 0.25) is 5.91 Å². The van der Waals surface area contributed by atoms with Gasteiger partial charge in [-0.15, -0.1) is 10.2 Å². The second kappa shape index (κ2) is 7.95. The van der Waals surface area contributed by atoms with E-state index in [1.54, 1.807) is 10.9 Å². The van der Waals surface area contributed by atoms with Gasteiger partial charge in [0, 0.05) is 13.6 Å². The van der Waals surface area contributed by atoms with Crippen molar-refractivity contribution in [3.63, 3.8) is 0 Å². The third-order valence-corrected chi connectivity index (χ3v) is 4.34. The van der Waals surface area contributed by atoms with E-state index in [-0.39, 0.29) is 11.9 Å². The van der Waals surface area contributed by atoms with Gasteiger partial charge in [-0.3, -0.25) is 4.79 Å². The number of amides is 1. The van der Waals surface area contributed by atoms with Gasteiger partial charge in [-0.2, -0.15) is 0 Å². The van der Waals surface area contributed by atoms with Crippen LogP contribution in [0, 0.1) is 0 Å². The second-order valence-corrected chi connectivity index (χ2v) is 6.15. The highest BCUT2D eigenvalue weighted by molar-refractivity contribution is 7.99. The van der Waals surface area contributed by atoms with E-state index in [1.165, 1.54) is 17.3 Å². The van der Waals surface area contributed by atoms with Crippen molar-refractivity contribution in [2.75, 3.05) is 26.4 Å². The van der Waals surface area contributed by atoms with Gasteiger partial charge in [0.25, 0.3) is 0 Å². The lowest BCUT2D eigenvalue weighted by Crippen LogP contribution is -2.35. The Bertz CT molecular complexity index is 599. The van der Waals surface area contributed by atoms with Crippen LogP contribution in [0.3, 0.4) is 0 Å². The number of nitrogens with zero attached hydrogens (tertiary/aromatic N) is 4. The normalized spacial score (nSPS) is 12.4. The first-order valence-corrected chi connectivity index (χ1v) is 8.01. The number of benzene rings is 1. The zero-order valence-corrected chi connectivity index (χ0v) is 13.9. The molecular formula is C15H21N5OS. The summed E-state index contributed by atoms with van der Waals surface area (Å²) in [6.45, 7) is 0.579. The molecule has 0 aliphatic carbocycles. The van der Waals surface area contributed by atoms with E-state index in [1.807, 2.05) is 39.3 Å². The lowest BCUT2D eigenvalue weighted by Gasteiger charge is -2.25. The molecule has 118 valence electrons. The third kappa shape index (κ3) is 4.57. The molecule has 22 heavy (non-hydrogen) atoms. The molecule has 1 heterocycles. The van der Waals surface area contributed by atoms with Crippen LogP contribution in [0.15, 0.2) is 41.8 Å².